The summed E-state index contributed by atoms with van der Waals surface area (Å²) in [5, 5.41) is 3.57. The molecule has 0 saturated carbocycles. The highest BCUT2D eigenvalue weighted by atomic mass is 15.3. The summed E-state index contributed by atoms with van der Waals surface area (Å²) in [6.45, 7) is 23.3. The van der Waals surface area contributed by atoms with Crippen LogP contribution in [0.25, 0.3) is 0 Å². The third-order valence-corrected chi connectivity index (χ3v) is 4.63. The normalized spacial score (nSPS) is 21.6. The van der Waals surface area contributed by atoms with Crippen LogP contribution in [0.5, 0.6) is 0 Å². The molecule has 0 aliphatic carbocycles. The molecule has 114 valence electrons. The fourth-order valence-corrected chi connectivity index (χ4v) is 2.87. The second-order valence-electron chi connectivity index (χ2n) is 7.70. The summed E-state index contributed by atoms with van der Waals surface area (Å²) in [5.74, 6) is 0. The Morgan fingerprint density at radius 3 is 1.95 bits per heavy atom. The van der Waals surface area contributed by atoms with Crippen LogP contribution in [-0.2, 0) is 0 Å². The van der Waals surface area contributed by atoms with Crippen LogP contribution in [0.1, 0.15) is 48.5 Å². The van der Waals surface area contributed by atoms with Crippen LogP contribution in [0.3, 0.4) is 0 Å². The summed E-state index contributed by atoms with van der Waals surface area (Å²) < 4.78 is 0. The molecule has 0 spiro atoms. The molecular formula is C16H35N3. The van der Waals surface area contributed by atoms with Gasteiger partial charge in [0.15, 0.2) is 0 Å². The molecule has 0 radical (unpaired) electrons. The van der Waals surface area contributed by atoms with Gasteiger partial charge in [-0.1, -0.05) is 20.8 Å². The fraction of sp³-hybridized carbons (Fsp3) is 1.00. The van der Waals surface area contributed by atoms with Crippen molar-refractivity contribution in [2.75, 3.05) is 39.3 Å². The lowest BCUT2D eigenvalue weighted by Gasteiger charge is -2.45. The Kier molecular flexibility index (Phi) is 5.84. The first kappa shape index (κ1) is 16.9. The Balaban J connectivity index is 2.44. The summed E-state index contributed by atoms with van der Waals surface area (Å²) >= 11 is 0. The van der Waals surface area contributed by atoms with Gasteiger partial charge in [-0.05, 0) is 39.7 Å². The molecule has 1 N–H and O–H groups in total. The zero-order valence-corrected chi connectivity index (χ0v) is 14.2. The number of nitrogens with zero attached hydrogens (tertiary/aromatic N) is 2. The topological polar surface area (TPSA) is 18.5 Å². The van der Waals surface area contributed by atoms with Gasteiger partial charge in [0.1, 0.15) is 0 Å². The van der Waals surface area contributed by atoms with Crippen LogP contribution >= 0.6 is 0 Å². The molecule has 0 aromatic carbocycles. The van der Waals surface area contributed by atoms with Gasteiger partial charge in [-0.25, -0.2) is 0 Å². The molecule has 3 heteroatoms. The van der Waals surface area contributed by atoms with Crippen molar-refractivity contribution in [3.63, 3.8) is 0 Å². The predicted octanol–water partition coefficient (Wildman–Crippen LogP) is 2.43. The van der Waals surface area contributed by atoms with Crippen LogP contribution in [0.15, 0.2) is 0 Å². The zero-order valence-electron chi connectivity index (χ0n) is 14.2. The molecule has 1 aliphatic heterocycles. The Labute approximate surface area is 120 Å². The van der Waals surface area contributed by atoms with Crippen molar-refractivity contribution in [3.05, 3.63) is 0 Å². The zero-order chi connectivity index (χ0) is 14.7. The molecule has 1 heterocycles. The minimum Gasteiger partial charge on any atom is -0.314 e. The van der Waals surface area contributed by atoms with Gasteiger partial charge in [-0.15, -0.1) is 0 Å². The number of nitrogens with one attached hydrogen (secondary N) is 1. The number of hydrogen-bond acceptors (Lipinski definition) is 3. The smallest absolute Gasteiger partial charge is 0.0126 e. The van der Waals surface area contributed by atoms with Crippen molar-refractivity contribution in [1.29, 1.82) is 0 Å². The van der Waals surface area contributed by atoms with Crippen molar-refractivity contribution in [1.82, 2.24) is 15.1 Å². The van der Waals surface area contributed by atoms with E-state index < -0.39 is 0 Å². The van der Waals surface area contributed by atoms with Gasteiger partial charge in [-0.3, -0.25) is 4.90 Å². The molecule has 1 atom stereocenters. The van der Waals surface area contributed by atoms with E-state index in [9.17, 15) is 0 Å². The Morgan fingerprint density at radius 2 is 1.53 bits per heavy atom. The number of hydrogen-bond donors (Lipinski definition) is 1. The largest absolute Gasteiger partial charge is 0.314 e. The van der Waals surface area contributed by atoms with Gasteiger partial charge in [0, 0.05) is 44.3 Å². The van der Waals surface area contributed by atoms with E-state index in [0.29, 0.717) is 17.0 Å². The van der Waals surface area contributed by atoms with Crippen molar-refractivity contribution >= 4 is 0 Å². The Morgan fingerprint density at radius 1 is 1.00 bits per heavy atom. The molecule has 1 fully saturated rings. The van der Waals surface area contributed by atoms with E-state index in [1.54, 1.807) is 0 Å². The molecular weight excluding hydrogens is 234 g/mol. The molecule has 0 bridgehead atoms. The second kappa shape index (κ2) is 6.55. The maximum atomic E-state index is 3.57. The Bertz CT molecular complexity index is 260. The van der Waals surface area contributed by atoms with E-state index in [1.165, 1.54) is 32.7 Å². The maximum absolute atomic E-state index is 3.57. The van der Waals surface area contributed by atoms with Gasteiger partial charge >= 0.3 is 0 Å². The van der Waals surface area contributed by atoms with Gasteiger partial charge in [0.2, 0.25) is 0 Å². The third-order valence-electron chi connectivity index (χ3n) is 4.63. The monoisotopic (exact) mass is 269 g/mol. The van der Waals surface area contributed by atoms with Crippen molar-refractivity contribution in [3.8, 4) is 0 Å². The third kappa shape index (κ3) is 5.05. The van der Waals surface area contributed by atoms with Gasteiger partial charge in [0.25, 0.3) is 0 Å². The van der Waals surface area contributed by atoms with Crippen molar-refractivity contribution in [2.45, 2.75) is 60.0 Å². The molecule has 1 rings (SSSR count). The first-order valence-corrected chi connectivity index (χ1v) is 7.87. The summed E-state index contributed by atoms with van der Waals surface area (Å²) in [7, 11) is 0. The standard InChI is InChI=1S/C16H35N3/c1-8-17-14(2)16(6,7)13-18-9-11-19(12-10-18)15(3,4)5/h14,17H,8-13H2,1-7H3. The molecule has 0 aromatic rings. The first-order valence-electron chi connectivity index (χ1n) is 7.87. The molecule has 0 aromatic heterocycles. The molecule has 1 saturated heterocycles. The highest BCUT2D eigenvalue weighted by molar-refractivity contribution is 4.87. The highest BCUT2D eigenvalue weighted by Gasteiger charge is 2.31. The van der Waals surface area contributed by atoms with Crippen LogP contribution in [-0.4, -0.2) is 60.6 Å². The minimum atomic E-state index is 0.318. The Hall–Kier alpha value is -0.120. The lowest BCUT2D eigenvalue weighted by atomic mass is 9.84. The average molecular weight is 269 g/mol. The highest BCUT2D eigenvalue weighted by Crippen LogP contribution is 2.24. The fourth-order valence-electron chi connectivity index (χ4n) is 2.87. The maximum Gasteiger partial charge on any atom is 0.0126 e. The second-order valence-corrected chi connectivity index (χ2v) is 7.70. The van der Waals surface area contributed by atoms with Crippen LogP contribution < -0.4 is 5.32 Å². The van der Waals surface area contributed by atoms with Gasteiger partial charge in [0.05, 0.1) is 0 Å². The van der Waals surface area contributed by atoms with Gasteiger partial charge < -0.3 is 10.2 Å². The van der Waals surface area contributed by atoms with Gasteiger partial charge in [-0.2, -0.15) is 0 Å². The minimum absolute atomic E-state index is 0.318. The van der Waals surface area contributed by atoms with Crippen LogP contribution in [0.2, 0.25) is 0 Å². The molecule has 0 amide bonds. The number of piperazine rings is 1. The SMILES string of the molecule is CCNC(C)C(C)(C)CN1CCN(C(C)(C)C)CC1. The van der Waals surface area contributed by atoms with E-state index in [-0.39, 0.29) is 0 Å². The number of rotatable bonds is 5. The van der Waals surface area contributed by atoms with Crippen LogP contribution in [0, 0.1) is 5.41 Å². The molecule has 3 nitrogen and oxygen atoms in total. The first-order chi connectivity index (χ1) is 8.66. The van der Waals surface area contributed by atoms with E-state index in [0.717, 1.165) is 6.54 Å². The average Bonchev–Trinajstić information content (AvgIpc) is 2.28. The van der Waals surface area contributed by atoms with Crippen molar-refractivity contribution in [2.24, 2.45) is 5.41 Å². The van der Waals surface area contributed by atoms with E-state index in [4.69, 9.17) is 0 Å². The molecule has 1 unspecified atom stereocenters. The lowest BCUT2D eigenvalue weighted by Crippen LogP contribution is -2.56. The van der Waals surface area contributed by atoms with E-state index >= 15 is 0 Å². The summed E-state index contributed by atoms with van der Waals surface area (Å²) in [6.07, 6.45) is 0. The summed E-state index contributed by atoms with van der Waals surface area (Å²) in [5.41, 5.74) is 0.651. The lowest BCUT2D eigenvalue weighted by molar-refractivity contribution is 0.0395. The van der Waals surface area contributed by atoms with E-state index in [1.807, 2.05) is 0 Å². The predicted molar refractivity (Wildman–Crippen MR) is 84.7 cm³/mol. The molecule has 19 heavy (non-hydrogen) atoms. The van der Waals surface area contributed by atoms with E-state index in [2.05, 4.69) is 63.6 Å². The van der Waals surface area contributed by atoms with Crippen molar-refractivity contribution < 1.29 is 0 Å². The quantitative estimate of drug-likeness (QED) is 0.827. The molecule has 1 aliphatic rings. The summed E-state index contributed by atoms with van der Waals surface area (Å²) in [6, 6.07) is 0.568. The summed E-state index contributed by atoms with van der Waals surface area (Å²) in [4.78, 5) is 5.24. The van der Waals surface area contributed by atoms with Crippen LogP contribution in [0.4, 0.5) is 0 Å².